The van der Waals surface area contributed by atoms with Gasteiger partial charge >= 0.3 is 12.1 Å². The highest BCUT2D eigenvalue weighted by molar-refractivity contribution is 6.01. The number of amides is 3. The zero-order valence-electron chi connectivity index (χ0n) is 15.0. The minimum atomic E-state index is -0.717. The van der Waals surface area contributed by atoms with Crippen LogP contribution in [0, 0.1) is 5.41 Å². The van der Waals surface area contributed by atoms with Crippen LogP contribution in [0.1, 0.15) is 24.0 Å². The third-order valence-electron chi connectivity index (χ3n) is 3.65. The fourth-order valence-electron chi connectivity index (χ4n) is 2.27. The van der Waals surface area contributed by atoms with E-state index >= 15 is 0 Å². The van der Waals surface area contributed by atoms with E-state index in [4.69, 9.17) is 20.7 Å². The second-order valence-corrected chi connectivity index (χ2v) is 5.88. The van der Waals surface area contributed by atoms with Crippen LogP contribution in [0.3, 0.4) is 0 Å². The third kappa shape index (κ3) is 6.59. The van der Waals surface area contributed by atoms with E-state index in [1.807, 2.05) is 0 Å². The summed E-state index contributed by atoms with van der Waals surface area (Å²) in [7, 11) is 0. The van der Waals surface area contributed by atoms with Crippen molar-refractivity contribution in [2.45, 2.75) is 25.9 Å². The van der Waals surface area contributed by atoms with E-state index < -0.39 is 23.9 Å². The van der Waals surface area contributed by atoms with E-state index in [0.29, 0.717) is 22.7 Å². The number of rotatable bonds is 8. The number of benzene rings is 1. The molecule has 28 heavy (non-hydrogen) atoms. The molecule has 1 aromatic rings. The van der Waals surface area contributed by atoms with Gasteiger partial charge in [-0.3, -0.25) is 15.0 Å². The molecular formula is C17H21N5O6. The largest absolute Gasteiger partial charge is 0.445 e. The Hall–Kier alpha value is -3.63. The number of nitrogens with zero attached hydrogens (tertiary/aromatic N) is 1. The molecular weight excluding hydrogens is 370 g/mol. The average molecular weight is 391 g/mol. The molecule has 0 aliphatic carbocycles. The van der Waals surface area contributed by atoms with E-state index in [9.17, 15) is 19.2 Å². The molecule has 2 rings (SSSR count). The molecule has 0 atom stereocenters. The summed E-state index contributed by atoms with van der Waals surface area (Å²) < 4.78 is 5.03. The van der Waals surface area contributed by atoms with Gasteiger partial charge in [-0.1, -0.05) is 24.3 Å². The molecule has 1 aromatic carbocycles. The Labute approximate surface area is 160 Å². The fourth-order valence-corrected chi connectivity index (χ4v) is 2.27. The minimum Gasteiger partial charge on any atom is -0.445 e. The van der Waals surface area contributed by atoms with Crippen molar-refractivity contribution in [2.24, 2.45) is 5.73 Å². The van der Waals surface area contributed by atoms with Crippen LogP contribution >= 0.6 is 0 Å². The van der Waals surface area contributed by atoms with Gasteiger partial charge in [-0.2, -0.15) is 0 Å². The number of carbonyl (C=O) groups excluding carboxylic acids is 4. The SMILES string of the molecule is N=C(N)NCCNC(=O)OCc1ccc(CC(=O)ON2C(=O)CCC2=O)cc1. The number of hydrogen-bond acceptors (Lipinski definition) is 7. The van der Waals surface area contributed by atoms with Crippen LogP contribution in [-0.4, -0.2) is 48.0 Å². The maximum absolute atomic E-state index is 11.9. The molecule has 0 saturated carbocycles. The molecule has 0 unspecified atom stereocenters. The van der Waals surface area contributed by atoms with Gasteiger partial charge in [0.1, 0.15) is 6.61 Å². The summed E-state index contributed by atoms with van der Waals surface area (Å²) in [6.07, 6.45) is -0.636. The number of alkyl carbamates (subject to hydrolysis) is 1. The molecule has 1 saturated heterocycles. The lowest BCUT2D eigenvalue weighted by molar-refractivity contribution is -0.197. The van der Waals surface area contributed by atoms with E-state index in [0.717, 1.165) is 0 Å². The summed E-state index contributed by atoms with van der Waals surface area (Å²) >= 11 is 0. The lowest BCUT2D eigenvalue weighted by Crippen LogP contribution is -2.37. The molecule has 5 N–H and O–H groups in total. The average Bonchev–Trinajstić information content (AvgIpc) is 2.96. The number of guanidine groups is 1. The lowest BCUT2D eigenvalue weighted by atomic mass is 10.1. The summed E-state index contributed by atoms with van der Waals surface area (Å²) in [6.45, 7) is 0.596. The number of nitrogens with one attached hydrogen (secondary N) is 3. The van der Waals surface area contributed by atoms with Crippen molar-refractivity contribution in [3.63, 3.8) is 0 Å². The van der Waals surface area contributed by atoms with Gasteiger partial charge in [-0.15, -0.1) is 5.06 Å². The molecule has 0 aromatic heterocycles. The Balaban J connectivity index is 1.71. The van der Waals surface area contributed by atoms with Crippen LogP contribution in [0.4, 0.5) is 4.79 Å². The predicted molar refractivity (Wildman–Crippen MR) is 95.4 cm³/mol. The third-order valence-corrected chi connectivity index (χ3v) is 3.65. The summed E-state index contributed by atoms with van der Waals surface area (Å²) in [5.74, 6) is -1.95. The van der Waals surface area contributed by atoms with Crippen LogP contribution < -0.4 is 16.4 Å². The lowest BCUT2D eigenvalue weighted by Gasteiger charge is -2.12. The van der Waals surface area contributed by atoms with E-state index in [1.54, 1.807) is 24.3 Å². The molecule has 0 bridgehead atoms. The van der Waals surface area contributed by atoms with E-state index in [-0.39, 0.29) is 38.4 Å². The highest BCUT2D eigenvalue weighted by Gasteiger charge is 2.32. The van der Waals surface area contributed by atoms with Gasteiger partial charge in [0.05, 0.1) is 6.42 Å². The van der Waals surface area contributed by atoms with Crippen LogP contribution in [0.5, 0.6) is 0 Å². The molecule has 3 amide bonds. The standard InChI is InChI=1S/C17H21N5O6/c18-16(19)20-7-8-21-17(26)27-10-12-3-1-11(2-4-12)9-15(25)28-22-13(23)5-6-14(22)24/h1-4H,5-10H2,(H,21,26)(H4,18,19,20). The molecule has 0 spiro atoms. The quantitative estimate of drug-likeness (QED) is 0.200. The Morgan fingerprint density at radius 3 is 2.21 bits per heavy atom. The van der Waals surface area contributed by atoms with Gasteiger partial charge in [0.25, 0.3) is 11.8 Å². The topological polar surface area (TPSA) is 164 Å². The second-order valence-electron chi connectivity index (χ2n) is 5.88. The maximum Gasteiger partial charge on any atom is 0.407 e. The van der Waals surface area contributed by atoms with Gasteiger partial charge in [-0.05, 0) is 11.1 Å². The van der Waals surface area contributed by atoms with Crippen molar-refractivity contribution < 1.29 is 28.8 Å². The Morgan fingerprint density at radius 1 is 1.04 bits per heavy atom. The van der Waals surface area contributed by atoms with Gasteiger partial charge in [0, 0.05) is 25.9 Å². The number of imide groups is 1. The summed E-state index contributed by atoms with van der Waals surface area (Å²) in [5, 5.41) is 12.5. The van der Waals surface area contributed by atoms with Crippen LogP contribution in [0.15, 0.2) is 24.3 Å². The second kappa shape index (κ2) is 9.90. The number of hydroxylamine groups is 2. The van der Waals surface area contributed by atoms with Crippen molar-refractivity contribution in [3.8, 4) is 0 Å². The highest BCUT2D eigenvalue weighted by Crippen LogP contribution is 2.13. The Morgan fingerprint density at radius 2 is 1.61 bits per heavy atom. The van der Waals surface area contributed by atoms with Crippen molar-refractivity contribution in [1.82, 2.24) is 15.7 Å². The van der Waals surface area contributed by atoms with Gasteiger partial charge < -0.3 is 25.9 Å². The number of carbonyl (C=O) groups is 4. The van der Waals surface area contributed by atoms with Crippen LogP contribution in [0.25, 0.3) is 0 Å². The van der Waals surface area contributed by atoms with E-state index in [1.165, 1.54) is 0 Å². The monoisotopic (exact) mass is 391 g/mol. The Bertz CT molecular complexity index is 748. The summed E-state index contributed by atoms with van der Waals surface area (Å²) in [6, 6.07) is 6.67. The van der Waals surface area contributed by atoms with Crippen LogP contribution in [-0.2, 0) is 37.0 Å². The first kappa shape index (κ1) is 20.7. The van der Waals surface area contributed by atoms with Crippen molar-refractivity contribution in [3.05, 3.63) is 35.4 Å². The first-order valence-corrected chi connectivity index (χ1v) is 8.48. The predicted octanol–water partition coefficient (Wildman–Crippen LogP) is -0.454. The zero-order valence-corrected chi connectivity index (χ0v) is 15.0. The molecule has 150 valence electrons. The molecule has 11 heteroatoms. The molecule has 0 radical (unpaired) electrons. The van der Waals surface area contributed by atoms with Crippen LogP contribution in [0.2, 0.25) is 0 Å². The molecule has 1 fully saturated rings. The normalized spacial score (nSPS) is 13.2. The Kier molecular flexibility index (Phi) is 7.31. The van der Waals surface area contributed by atoms with Crippen molar-refractivity contribution in [1.29, 1.82) is 5.41 Å². The smallest absolute Gasteiger partial charge is 0.407 e. The van der Waals surface area contributed by atoms with E-state index in [2.05, 4.69) is 10.6 Å². The van der Waals surface area contributed by atoms with Gasteiger partial charge in [0.2, 0.25) is 0 Å². The maximum atomic E-state index is 11.9. The van der Waals surface area contributed by atoms with Gasteiger partial charge in [0.15, 0.2) is 5.96 Å². The minimum absolute atomic E-state index is 0.0352. The molecule has 11 nitrogen and oxygen atoms in total. The highest BCUT2D eigenvalue weighted by atomic mass is 16.7. The summed E-state index contributed by atoms with van der Waals surface area (Å²) in [4.78, 5) is 51.0. The molecule has 1 heterocycles. The fraction of sp³-hybridized carbons (Fsp3) is 0.353. The zero-order chi connectivity index (χ0) is 20.5. The van der Waals surface area contributed by atoms with Gasteiger partial charge in [-0.25, -0.2) is 9.59 Å². The first-order chi connectivity index (χ1) is 13.3. The molecule has 1 aliphatic heterocycles. The number of ether oxygens (including phenoxy) is 1. The van der Waals surface area contributed by atoms with Crippen molar-refractivity contribution in [2.75, 3.05) is 13.1 Å². The molecule has 1 aliphatic rings. The number of hydrogen-bond donors (Lipinski definition) is 4. The number of nitrogens with two attached hydrogens (primary N) is 1. The van der Waals surface area contributed by atoms with Crippen molar-refractivity contribution >= 4 is 29.8 Å². The first-order valence-electron chi connectivity index (χ1n) is 8.48. The summed E-state index contributed by atoms with van der Waals surface area (Å²) in [5.41, 5.74) is 6.43.